The molecular formula is C23H23N5O4S2. The van der Waals surface area contributed by atoms with Crippen LogP contribution in [-0.4, -0.2) is 45.6 Å². The summed E-state index contributed by atoms with van der Waals surface area (Å²) < 4.78 is 17.9. The van der Waals surface area contributed by atoms with Gasteiger partial charge in [0.25, 0.3) is 0 Å². The van der Waals surface area contributed by atoms with E-state index in [0.717, 1.165) is 22.6 Å². The fourth-order valence-electron chi connectivity index (χ4n) is 3.25. The number of nitrogens with zero attached hydrogens (tertiary/aromatic N) is 4. The van der Waals surface area contributed by atoms with Gasteiger partial charge in [-0.3, -0.25) is 9.36 Å². The Morgan fingerprint density at radius 3 is 2.79 bits per heavy atom. The van der Waals surface area contributed by atoms with E-state index in [4.69, 9.17) is 13.9 Å². The maximum Gasteiger partial charge on any atom is 0.236 e. The van der Waals surface area contributed by atoms with Gasteiger partial charge < -0.3 is 19.2 Å². The number of thiazole rings is 1. The number of thioether (sulfide) groups is 1. The molecule has 0 saturated heterocycles. The molecule has 176 valence electrons. The number of methoxy groups -OCH3 is 2. The minimum Gasteiger partial charge on any atom is -0.493 e. The van der Waals surface area contributed by atoms with Crippen LogP contribution in [0.1, 0.15) is 5.76 Å². The predicted molar refractivity (Wildman–Crippen MR) is 133 cm³/mol. The van der Waals surface area contributed by atoms with E-state index in [-0.39, 0.29) is 11.7 Å². The molecule has 11 heteroatoms. The Morgan fingerprint density at radius 1 is 1.26 bits per heavy atom. The first-order chi connectivity index (χ1) is 16.5. The number of nitrogens with one attached hydrogen (secondary N) is 1. The number of amides is 1. The highest BCUT2D eigenvalue weighted by atomic mass is 32.2. The lowest BCUT2D eigenvalue weighted by molar-refractivity contribution is -0.113. The topological polar surface area (TPSA) is 104 Å². The van der Waals surface area contributed by atoms with Crippen LogP contribution in [0.3, 0.4) is 0 Å². The molecule has 0 aliphatic rings. The zero-order valence-corrected chi connectivity index (χ0v) is 20.5. The molecule has 0 unspecified atom stereocenters. The second-order valence-corrected chi connectivity index (χ2v) is 8.84. The van der Waals surface area contributed by atoms with Crippen LogP contribution in [0.25, 0.3) is 22.6 Å². The molecule has 0 saturated carbocycles. The maximum atomic E-state index is 12.6. The predicted octanol–water partition coefficient (Wildman–Crippen LogP) is 4.90. The van der Waals surface area contributed by atoms with Crippen LogP contribution in [0.5, 0.6) is 11.5 Å². The average Bonchev–Trinajstić information content (AvgIpc) is 3.58. The molecule has 9 nitrogen and oxygen atoms in total. The number of carbonyl (C=O) groups excluding carboxylic acids is 1. The number of anilines is 1. The standard InChI is InChI=1S/C23H23N5O4S2/c1-5-9-28-21(16-8-10-32-14(16)2)26-27-23(28)34-13-20(29)25-22-24-17(12-33-22)15-6-7-18(30-3)19(11-15)31-4/h5-8,10-12H,1,9,13H2,2-4H3,(H,24,25,29). The molecule has 0 spiro atoms. The fourth-order valence-corrected chi connectivity index (χ4v) is 4.73. The van der Waals surface area contributed by atoms with Gasteiger partial charge in [-0.05, 0) is 31.2 Å². The molecule has 1 aromatic carbocycles. The van der Waals surface area contributed by atoms with Crippen molar-refractivity contribution in [3.05, 3.63) is 54.3 Å². The monoisotopic (exact) mass is 497 g/mol. The Labute approximate surface area is 204 Å². The van der Waals surface area contributed by atoms with Crippen LogP contribution in [0.15, 0.2) is 58.1 Å². The molecule has 4 aromatic rings. The summed E-state index contributed by atoms with van der Waals surface area (Å²) >= 11 is 2.65. The van der Waals surface area contributed by atoms with Crippen molar-refractivity contribution in [2.45, 2.75) is 18.6 Å². The average molecular weight is 498 g/mol. The summed E-state index contributed by atoms with van der Waals surface area (Å²) in [5, 5.41) is 14.4. The molecule has 1 N–H and O–H groups in total. The van der Waals surface area contributed by atoms with Crippen LogP contribution < -0.4 is 14.8 Å². The quantitative estimate of drug-likeness (QED) is 0.244. The van der Waals surface area contributed by atoms with Crippen molar-refractivity contribution in [2.75, 3.05) is 25.3 Å². The third kappa shape index (κ3) is 5.00. The van der Waals surface area contributed by atoms with E-state index in [1.165, 1.54) is 23.1 Å². The van der Waals surface area contributed by atoms with Crippen LogP contribution in [-0.2, 0) is 11.3 Å². The summed E-state index contributed by atoms with van der Waals surface area (Å²) in [7, 11) is 3.17. The molecule has 34 heavy (non-hydrogen) atoms. The normalized spacial score (nSPS) is 10.8. The van der Waals surface area contributed by atoms with Gasteiger partial charge in [-0.1, -0.05) is 17.8 Å². The molecule has 0 fully saturated rings. The van der Waals surface area contributed by atoms with Crippen molar-refractivity contribution in [2.24, 2.45) is 0 Å². The molecule has 4 rings (SSSR count). The first kappa shape index (κ1) is 23.6. The molecule has 3 heterocycles. The number of allylic oxidation sites excluding steroid dienone is 1. The van der Waals surface area contributed by atoms with Gasteiger partial charge in [-0.2, -0.15) is 0 Å². The number of aromatic nitrogens is 4. The molecule has 0 aliphatic heterocycles. The van der Waals surface area contributed by atoms with E-state index in [9.17, 15) is 4.79 Å². The molecule has 0 radical (unpaired) electrons. The number of hydrogen-bond donors (Lipinski definition) is 1. The lowest BCUT2D eigenvalue weighted by Gasteiger charge is -2.08. The first-order valence-electron chi connectivity index (χ1n) is 10.2. The van der Waals surface area contributed by atoms with Gasteiger partial charge in [0.2, 0.25) is 5.91 Å². The lowest BCUT2D eigenvalue weighted by Crippen LogP contribution is -2.14. The summed E-state index contributed by atoms with van der Waals surface area (Å²) in [6.07, 6.45) is 3.37. The van der Waals surface area contributed by atoms with Crippen molar-refractivity contribution < 1.29 is 18.7 Å². The van der Waals surface area contributed by atoms with E-state index in [2.05, 4.69) is 27.1 Å². The lowest BCUT2D eigenvalue weighted by atomic mass is 10.1. The Kier molecular flexibility index (Phi) is 7.33. The van der Waals surface area contributed by atoms with Gasteiger partial charge in [0.05, 0.1) is 37.5 Å². The Morgan fingerprint density at radius 2 is 2.09 bits per heavy atom. The number of furan rings is 1. The molecule has 0 aliphatic carbocycles. The van der Waals surface area contributed by atoms with E-state index in [0.29, 0.717) is 34.2 Å². The minimum absolute atomic E-state index is 0.158. The van der Waals surface area contributed by atoms with Crippen molar-refractivity contribution >= 4 is 34.1 Å². The van der Waals surface area contributed by atoms with Gasteiger partial charge in [0, 0.05) is 17.5 Å². The van der Waals surface area contributed by atoms with Gasteiger partial charge in [-0.25, -0.2) is 4.98 Å². The highest BCUT2D eigenvalue weighted by Gasteiger charge is 2.18. The number of aryl methyl sites for hydroxylation is 1. The number of hydrogen-bond acceptors (Lipinski definition) is 9. The summed E-state index contributed by atoms with van der Waals surface area (Å²) in [4.78, 5) is 17.1. The number of carbonyl (C=O) groups is 1. The second-order valence-electron chi connectivity index (χ2n) is 7.04. The fraction of sp³-hybridized carbons (Fsp3) is 0.217. The molecule has 3 aromatic heterocycles. The van der Waals surface area contributed by atoms with E-state index in [1.807, 2.05) is 41.1 Å². The van der Waals surface area contributed by atoms with Crippen LogP contribution in [0.2, 0.25) is 0 Å². The Balaban J connectivity index is 1.42. The van der Waals surface area contributed by atoms with Crippen LogP contribution in [0.4, 0.5) is 5.13 Å². The maximum absolute atomic E-state index is 12.6. The third-order valence-corrected chi connectivity index (χ3v) is 6.61. The number of ether oxygens (including phenoxy) is 2. The Bertz CT molecular complexity index is 1310. The minimum atomic E-state index is -0.188. The number of benzene rings is 1. The van der Waals surface area contributed by atoms with Crippen LogP contribution in [0, 0.1) is 6.92 Å². The summed E-state index contributed by atoms with van der Waals surface area (Å²) in [6, 6.07) is 7.41. The van der Waals surface area contributed by atoms with E-state index in [1.54, 1.807) is 26.6 Å². The third-order valence-electron chi connectivity index (χ3n) is 4.89. The molecule has 0 bridgehead atoms. The van der Waals surface area contributed by atoms with Gasteiger partial charge in [-0.15, -0.1) is 28.1 Å². The van der Waals surface area contributed by atoms with E-state index >= 15 is 0 Å². The van der Waals surface area contributed by atoms with Gasteiger partial charge in [0.15, 0.2) is 27.6 Å². The van der Waals surface area contributed by atoms with Crippen molar-refractivity contribution in [3.8, 4) is 34.1 Å². The Hall–Kier alpha value is -3.57. The van der Waals surface area contributed by atoms with E-state index < -0.39 is 0 Å². The summed E-state index contributed by atoms with van der Waals surface area (Å²) in [5.41, 5.74) is 2.46. The molecule has 0 atom stereocenters. The van der Waals surface area contributed by atoms with Crippen molar-refractivity contribution in [1.82, 2.24) is 19.7 Å². The smallest absolute Gasteiger partial charge is 0.236 e. The molecule has 1 amide bonds. The zero-order valence-electron chi connectivity index (χ0n) is 18.9. The number of rotatable bonds is 10. The van der Waals surface area contributed by atoms with Gasteiger partial charge >= 0.3 is 0 Å². The molecular weight excluding hydrogens is 474 g/mol. The highest BCUT2D eigenvalue weighted by molar-refractivity contribution is 7.99. The first-order valence-corrected chi connectivity index (χ1v) is 12.1. The SMILES string of the molecule is C=CCn1c(SCC(=O)Nc2nc(-c3ccc(OC)c(OC)c3)cs2)nnc1-c1ccoc1C. The van der Waals surface area contributed by atoms with Crippen LogP contribution >= 0.6 is 23.1 Å². The van der Waals surface area contributed by atoms with Gasteiger partial charge in [0.1, 0.15) is 5.76 Å². The summed E-state index contributed by atoms with van der Waals surface area (Å²) in [6.45, 7) is 6.19. The largest absolute Gasteiger partial charge is 0.493 e. The highest BCUT2D eigenvalue weighted by Crippen LogP contribution is 2.33. The summed E-state index contributed by atoms with van der Waals surface area (Å²) in [5.74, 6) is 2.65. The second kappa shape index (κ2) is 10.6. The van der Waals surface area contributed by atoms with Crippen molar-refractivity contribution in [1.29, 1.82) is 0 Å². The zero-order chi connectivity index (χ0) is 24.1. The van der Waals surface area contributed by atoms with Crippen molar-refractivity contribution in [3.63, 3.8) is 0 Å².